The first-order valence-corrected chi connectivity index (χ1v) is 10.3. The number of hydrogen-bond donors (Lipinski definition) is 1. The molecule has 150 valence electrons. The highest BCUT2D eigenvalue weighted by Gasteiger charge is 2.13. The summed E-state index contributed by atoms with van der Waals surface area (Å²) in [6.45, 7) is 0. The van der Waals surface area contributed by atoms with Crippen molar-refractivity contribution in [2.24, 2.45) is 0 Å². The maximum absolute atomic E-state index is 12.6. The fourth-order valence-electron chi connectivity index (χ4n) is 3.22. The Hall–Kier alpha value is -3.91. The Kier molecular flexibility index (Phi) is 4.97. The first-order valence-electron chi connectivity index (χ1n) is 9.48. The molecule has 7 nitrogen and oxygen atoms in total. The van der Waals surface area contributed by atoms with Gasteiger partial charge in [0.25, 0.3) is 5.91 Å². The van der Waals surface area contributed by atoms with Crippen LogP contribution in [-0.2, 0) is 0 Å². The summed E-state index contributed by atoms with van der Waals surface area (Å²) in [6.07, 6.45) is 3.43. The van der Waals surface area contributed by atoms with E-state index in [1.54, 1.807) is 23.0 Å². The lowest BCUT2D eigenvalue weighted by Crippen LogP contribution is -2.12. The molecule has 0 bridgehead atoms. The van der Waals surface area contributed by atoms with Crippen LogP contribution in [0.5, 0.6) is 0 Å². The molecule has 1 amide bonds. The number of benzene rings is 2. The first-order chi connectivity index (χ1) is 15.2. The molecular weight excluding hydrogens is 456 g/mol. The third-order valence-electron chi connectivity index (χ3n) is 4.72. The van der Waals surface area contributed by atoms with Crippen molar-refractivity contribution in [3.05, 3.63) is 95.2 Å². The molecule has 3 heterocycles. The second-order valence-corrected chi connectivity index (χ2v) is 7.62. The van der Waals surface area contributed by atoms with Gasteiger partial charge in [-0.3, -0.25) is 9.78 Å². The van der Waals surface area contributed by atoms with Crippen LogP contribution in [0.15, 0.2) is 89.7 Å². The summed E-state index contributed by atoms with van der Waals surface area (Å²) in [7, 11) is 0. The highest BCUT2D eigenvalue weighted by Crippen LogP contribution is 2.24. The Bertz CT molecular complexity index is 1400. The zero-order valence-electron chi connectivity index (χ0n) is 16.1. The molecule has 0 saturated carbocycles. The lowest BCUT2D eigenvalue weighted by molar-refractivity contribution is 0.102. The Labute approximate surface area is 185 Å². The Morgan fingerprint density at radius 2 is 1.77 bits per heavy atom. The predicted octanol–water partition coefficient (Wildman–Crippen LogP) is 4.87. The minimum absolute atomic E-state index is 0.189. The van der Waals surface area contributed by atoms with E-state index in [0.717, 1.165) is 21.3 Å². The van der Waals surface area contributed by atoms with E-state index >= 15 is 0 Å². The van der Waals surface area contributed by atoms with Gasteiger partial charge in [-0.25, -0.2) is 0 Å². The number of halogens is 1. The molecular formula is C23H15BrN6O. The van der Waals surface area contributed by atoms with Crippen LogP contribution in [0.25, 0.3) is 28.3 Å². The summed E-state index contributed by atoms with van der Waals surface area (Å²) in [6, 6.07) is 22.4. The number of fused-ring (bicyclic) bond motifs is 1. The number of amides is 1. The van der Waals surface area contributed by atoms with Crippen LogP contribution in [0.1, 0.15) is 10.4 Å². The number of hydrogen-bond acceptors (Lipinski definition) is 5. The third kappa shape index (κ3) is 3.80. The van der Waals surface area contributed by atoms with Gasteiger partial charge < -0.3 is 5.32 Å². The maximum Gasteiger partial charge on any atom is 0.256 e. The SMILES string of the molecule is O=C(Nc1cccc(-c2ccc3nnc(-c4cccnc4)n3n2)c1)c1ccccc1Br. The van der Waals surface area contributed by atoms with Gasteiger partial charge in [0.1, 0.15) is 0 Å². The molecule has 5 aromatic rings. The van der Waals surface area contributed by atoms with Crippen molar-refractivity contribution >= 4 is 33.2 Å². The van der Waals surface area contributed by atoms with E-state index in [-0.39, 0.29) is 5.91 Å². The largest absolute Gasteiger partial charge is 0.322 e. The number of rotatable bonds is 4. The molecule has 5 rings (SSSR count). The Morgan fingerprint density at radius 3 is 2.61 bits per heavy atom. The van der Waals surface area contributed by atoms with Gasteiger partial charge in [0.15, 0.2) is 11.5 Å². The highest BCUT2D eigenvalue weighted by atomic mass is 79.9. The Morgan fingerprint density at radius 1 is 0.903 bits per heavy atom. The second-order valence-electron chi connectivity index (χ2n) is 6.77. The van der Waals surface area contributed by atoms with Gasteiger partial charge in [-0.1, -0.05) is 24.3 Å². The van der Waals surface area contributed by atoms with Crippen LogP contribution in [0, 0.1) is 0 Å². The molecule has 1 N–H and O–H groups in total. The summed E-state index contributed by atoms with van der Waals surface area (Å²) >= 11 is 3.42. The maximum atomic E-state index is 12.6. The summed E-state index contributed by atoms with van der Waals surface area (Å²) in [5, 5.41) is 16.1. The van der Waals surface area contributed by atoms with E-state index < -0.39 is 0 Å². The fourth-order valence-corrected chi connectivity index (χ4v) is 3.68. The number of nitrogens with one attached hydrogen (secondary N) is 1. The summed E-state index contributed by atoms with van der Waals surface area (Å²) in [5.41, 5.74) is 4.30. The summed E-state index contributed by atoms with van der Waals surface area (Å²) in [4.78, 5) is 16.8. The van der Waals surface area contributed by atoms with E-state index in [1.807, 2.05) is 66.7 Å². The number of pyridine rings is 1. The minimum atomic E-state index is -0.189. The predicted molar refractivity (Wildman–Crippen MR) is 122 cm³/mol. The van der Waals surface area contributed by atoms with E-state index in [4.69, 9.17) is 5.10 Å². The van der Waals surface area contributed by atoms with Gasteiger partial charge in [-0.05, 0) is 64.5 Å². The molecule has 8 heteroatoms. The van der Waals surface area contributed by atoms with Gasteiger partial charge in [-0.15, -0.1) is 10.2 Å². The molecule has 0 aliphatic heterocycles. The monoisotopic (exact) mass is 470 g/mol. The lowest BCUT2D eigenvalue weighted by atomic mass is 10.1. The highest BCUT2D eigenvalue weighted by molar-refractivity contribution is 9.10. The standard InChI is InChI=1S/C23H15BrN6O/c24-19-9-2-1-8-18(19)23(31)26-17-7-3-5-15(13-17)20-10-11-21-27-28-22(30(21)29-20)16-6-4-12-25-14-16/h1-14H,(H,26,31). The van der Waals surface area contributed by atoms with Crippen molar-refractivity contribution < 1.29 is 4.79 Å². The number of carbonyl (C=O) groups excluding carboxylic acids is 1. The molecule has 0 fully saturated rings. The topological polar surface area (TPSA) is 85.1 Å². The molecule has 0 aliphatic carbocycles. The number of aromatic nitrogens is 5. The van der Waals surface area contributed by atoms with Crippen molar-refractivity contribution in [1.29, 1.82) is 0 Å². The van der Waals surface area contributed by atoms with Crippen LogP contribution in [0.3, 0.4) is 0 Å². The molecule has 31 heavy (non-hydrogen) atoms. The van der Waals surface area contributed by atoms with Crippen molar-refractivity contribution in [1.82, 2.24) is 24.8 Å². The zero-order valence-corrected chi connectivity index (χ0v) is 17.7. The molecule has 0 radical (unpaired) electrons. The van der Waals surface area contributed by atoms with Crippen LogP contribution in [0.2, 0.25) is 0 Å². The van der Waals surface area contributed by atoms with Gasteiger partial charge in [0.05, 0.1) is 11.3 Å². The molecule has 2 aromatic carbocycles. The van der Waals surface area contributed by atoms with Gasteiger partial charge in [0.2, 0.25) is 0 Å². The summed E-state index contributed by atoms with van der Waals surface area (Å²) < 4.78 is 2.44. The molecule has 0 spiro atoms. The van der Waals surface area contributed by atoms with Gasteiger partial charge in [-0.2, -0.15) is 9.61 Å². The number of anilines is 1. The number of nitrogens with zero attached hydrogens (tertiary/aromatic N) is 5. The Balaban J connectivity index is 1.48. The van der Waals surface area contributed by atoms with Gasteiger partial charge >= 0.3 is 0 Å². The van der Waals surface area contributed by atoms with E-state index in [0.29, 0.717) is 22.7 Å². The molecule has 3 aromatic heterocycles. The van der Waals surface area contributed by atoms with Crippen molar-refractivity contribution in [3.63, 3.8) is 0 Å². The quantitative estimate of drug-likeness (QED) is 0.405. The molecule has 0 saturated heterocycles. The van der Waals surface area contributed by atoms with Gasteiger partial charge in [0, 0.05) is 33.7 Å². The van der Waals surface area contributed by atoms with E-state index in [9.17, 15) is 4.79 Å². The first kappa shape index (κ1) is 19.1. The summed E-state index contributed by atoms with van der Waals surface area (Å²) in [5.74, 6) is 0.425. The minimum Gasteiger partial charge on any atom is -0.322 e. The van der Waals surface area contributed by atoms with Crippen LogP contribution >= 0.6 is 15.9 Å². The fraction of sp³-hybridized carbons (Fsp3) is 0. The van der Waals surface area contributed by atoms with Crippen LogP contribution < -0.4 is 5.32 Å². The smallest absolute Gasteiger partial charge is 0.256 e. The molecule has 0 aliphatic rings. The van der Waals surface area contributed by atoms with E-state index in [1.165, 1.54) is 0 Å². The normalized spacial score (nSPS) is 10.9. The van der Waals surface area contributed by atoms with Crippen molar-refractivity contribution in [2.75, 3.05) is 5.32 Å². The molecule has 0 atom stereocenters. The van der Waals surface area contributed by atoms with Crippen LogP contribution in [-0.4, -0.2) is 30.7 Å². The second kappa shape index (κ2) is 8.08. The molecule has 0 unspecified atom stereocenters. The van der Waals surface area contributed by atoms with E-state index in [2.05, 4.69) is 36.4 Å². The number of carbonyl (C=O) groups is 1. The zero-order chi connectivity index (χ0) is 21.2. The van der Waals surface area contributed by atoms with Crippen LogP contribution in [0.4, 0.5) is 5.69 Å². The van der Waals surface area contributed by atoms with Crippen molar-refractivity contribution in [2.45, 2.75) is 0 Å². The average Bonchev–Trinajstić information content (AvgIpc) is 3.23. The average molecular weight is 471 g/mol. The lowest BCUT2D eigenvalue weighted by Gasteiger charge is -2.09. The third-order valence-corrected chi connectivity index (χ3v) is 5.41. The van der Waals surface area contributed by atoms with Crippen molar-refractivity contribution in [3.8, 4) is 22.6 Å².